The first-order valence-electron chi connectivity index (χ1n) is 9.70. The highest BCUT2D eigenvalue weighted by atomic mass is 32.1. The van der Waals surface area contributed by atoms with E-state index < -0.39 is 11.6 Å². The van der Waals surface area contributed by atoms with Crippen molar-refractivity contribution in [3.63, 3.8) is 0 Å². The molecule has 2 aromatic carbocycles. The molecule has 0 saturated carbocycles. The van der Waals surface area contributed by atoms with E-state index in [4.69, 9.17) is 12.2 Å². The second kappa shape index (κ2) is 6.42. The normalized spacial score (nSPS) is 20.3. The lowest BCUT2D eigenvalue weighted by Gasteiger charge is -2.41. The van der Waals surface area contributed by atoms with Crippen LogP contribution in [0.4, 0.5) is 14.5 Å². The van der Waals surface area contributed by atoms with Crippen molar-refractivity contribution in [2.75, 3.05) is 5.32 Å². The predicted molar refractivity (Wildman–Crippen MR) is 116 cm³/mol. The molecule has 3 aromatic rings. The zero-order chi connectivity index (χ0) is 20.3. The van der Waals surface area contributed by atoms with E-state index in [1.54, 1.807) is 12.3 Å². The highest BCUT2D eigenvalue weighted by Gasteiger charge is 2.39. The first-order chi connectivity index (χ1) is 13.8. The van der Waals surface area contributed by atoms with Gasteiger partial charge in [-0.15, -0.1) is 0 Å². The summed E-state index contributed by atoms with van der Waals surface area (Å²) in [4.78, 5) is 5.36. The predicted octanol–water partition coefficient (Wildman–Crippen LogP) is 6.51. The van der Waals surface area contributed by atoms with Crippen molar-refractivity contribution in [3.05, 3.63) is 82.7 Å². The summed E-state index contributed by atoms with van der Waals surface area (Å²) in [6.45, 7) is 4.41. The standard InChI is InChI=1S/C24H20F2N2S/c1-24(2)11-19-23(20(29)12-24)21(13-5-6-15(25)16(26)10-13)22-14-4-3-9-27-17(14)7-8-18(22)28-19/h3-10,21,28H,11-12H2,1-2H3. The van der Waals surface area contributed by atoms with Gasteiger partial charge in [-0.1, -0.05) is 38.2 Å². The van der Waals surface area contributed by atoms with Crippen molar-refractivity contribution in [3.8, 4) is 0 Å². The molecule has 2 aliphatic rings. The van der Waals surface area contributed by atoms with Crippen LogP contribution in [0.3, 0.4) is 0 Å². The van der Waals surface area contributed by atoms with Gasteiger partial charge >= 0.3 is 0 Å². The van der Waals surface area contributed by atoms with Gasteiger partial charge in [0.2, 0.25) is 0 Å². The van der Waals surface area contributed by atoms with Crippen molar-refractivity contribution in [1.82, 2.24) is 4.98 Å². The molecule has 29 heavy (non-hydrogen) atoms. The van der Waals surface area contributed by atoms with Gasteiger partial charge in [0.1, 0.15) is 0 Å². The Hall–Kier alpha value is -2.66. The van der Waals surface area contributed by atoms with Crippen LogP contribution in [-0.2, 0) is 0 Å². The average molecular weight is 407 g/mol. The van der Waals surface area contributed by atoms with Crippen LogP contribution < -0.4 is 5.32 Å². The molecule has 146 valence electrons. The Labute approximate surface area is 173 Å². The maximum absolute atomic E-state index is 14.2. The Bertz CT molecular complexity index is 1210. The summed E-state index contributed by atoms with van der Waals surface area (Å²) < 4.78 is 27.9. The third-order valence-electron chi connectivity index (χ3n) is 5.89. The number of rotatable bonds is 1. The minimum Gasteiger partial charge on any atom is -0.358 e. The quantitative estimate of drug-likeness (QED) is 0.466. The number of thiocarbonyl (C=S) groups is 1. The van der Waals surface area contributed by atoms with Gasteiger partial charge in [-0.05, 0) is 65.3 Å². The number of fused-ring (bicyclic) bond motifs is 3. The third kappa shape index (κ3) is 2.96. The lowest BCUT2D eigenvalue weighted by atomic mass is 9.68. The molecule has 0 radical (unpaired) electrons. The van der Waals surface area contributed by atoms with Crippen LogP contribution in [-0.4, -0.2) is 9.85 Å². The fourth-order valence-electron chi connectivity index (χ4n) is 4.71. The van der Waals surface area contributed by atoms with Crippen molar-refractivity contribution >= 4 is 33.7 Å². The van der Waals surface area contributed by atoms with E-state index in [0.717, 1.165) is 51.1 Å². The van der Waals surface area contributed by atoms with Crippen LogP contribution in [0.2, 0.25) is 0 Å². The van der Waals surface area contributed by atoms with Gasteiger partial charge in [0.05, 0.1) is 5.52 Å². The molecule has 0 amide bonds. The van der Waals surface area contributed by atoms with Gasteiger partial charge in [-0.3, -0.25) is 4.98 Å². The molecule has 0 spiro atoms. The van der Waals surface area contributed by atoms with Gasteiger partial charge in [-0.25, -0.2) is 8.78 Å². The zero-order valence-electron chi connectivity index (χ0n) is 16.2. The minimum absolute atomic E-state index is 0.0530. The summed E-state index contributed by atoms with van der Waals surface area (Å²) in [6.07, 6.45) is 3.41. The van der Waals surface area contributed by atoms with E-state index >= 15 is 0 Å². The molecule has 0 bridgehead atoms. The van der Waals surface area contributed by atoms with Crippen LogP contribution in [0.5, 0.6) is 0 Å². The Morgan fingerprint density at radius 3 is 2.69 bits per heavy atom. The molecule has 1 unspecified atom stereocenters. The Morgan fingerprint density at radius 2 is 1.90 bits per heavy atom. The van der Waals surface area contributed by atoms with Crippen molar-refractivity contribution in [2.24, 2.45) is 5.41 Å². The largest absolute Gasteiger partial charge is 0.358 e. The number of halogens is 2. The first kappa shape index (κ1) is 18.4. The molecule has 2 heterocycles. The monoisotopic (exact) mass is 406 g/mol. The van der Waals surface area contributed by atoms with Crippen LogP contribution in [0.25, 0.3) is 10.9 Å². The van der Waals surface area contributed by atoms with Gasteiger partial charge in [0, 0.05) is 33.7 Å². The molecule has 5 heteroatoms. The van der Waals surface area contributed by atoms with E-state index in [9.17, 15) is 8.78 Å². The van der Waals surface area contributed by atoms with E-state index in [1.807, 2.05) is 24.3 Å². The summed E-state index contributed by atoms with van der Waals surface area (Å²) in [7, 11) is 0. The van der Waals surface area contributed by atoms with Crippen LogP contribution in [0, 0.1) is 17.0 Å². The summed E-state index contributed by atoms with van der Waals surface area (Å²) >= 11 is 5.86. The molecule has 2 nitrogen and oxygen atoms in total. The fraction of sp³-hybridized carbons (Fsp3) is 0.250. The minimum atomic E-state index is -0.843. The molecule has 1 aromatic heterocycles. The van der Waals surface area contributed by atoms with Crippen molar-refractivity contribution in [2.45, 2.75) is 32.6 Å². The molecule has 1 aliphatic heterocycles. The summed E-state index contributed by atoms with van der Waals surface area (Å²) in [5.41, 5.74) is 5.72. The SMILES string of the molecule is CC1(C)CC(=S)C2=C(C1)Nc1ccc3ncccc3c1C2c1ccc(F)c(F)c1. The molecule has 1 N–H and O–H groups in total. The maximum atomic E-state index is 14.2. The molecule has 0 fully saturated rings. The first-order valence-corrected chi connectivity index (χ1v) is 10.1. The summed E-state index contributed by atoms with van der Waals surface area (Å²) in [6, 6.07) is 12.1. The van der Waals surface area contributed by atoms with Gasteiger partial charge < -0.3 is 5.32 Å². The highest BCUT2D eigenvalue weighted by molar-refractivity contribution is 7.80. The van der Waals surface area contributed by atoms with Gasteiger partial charge in [0.25, 0.3) is 0 Å². The van der Waals surface area contributed by atoms with E-state index in [-0.39, 0.29) is 11.3 Å². The van der Waals surface area contributed by atoms with Crippen molar-refractivity contribution in [1.29, 1.82) is 0 Å². The Balaban J connectivity index is 1.82. The number of pyridine rings is 1. The topological polar surface area (TPSA) is 24.9 Å². The van der Waals surface area contributed by atoms with E-state index in [2.05, 4.69) is 24.1 Å². The molecule has 1 atom stereocenters. The number of allylic oxidation sites excluding steroid dienone is 2. The molecule has 5 rings (SSSR count). The zero-order valence-corrected chi connectivity index (χ0v) is 17.0. The molecular weight excluding hydrogens is 386 g/mol. The lowest BCUT2D eigenvalue weighted by Crippen LogP contribution is -2.33. The third-order valence-corrected chi connectivity index (χ3v) is 6.25. The number of hydrogen-bond donors (Lipinski definition) is 1. The second-order valence-corrected chi connectivity index (χ2v) is 9.15. The number of aromatic nitrogens is 1. The smallest absolute Gasteiger partial charge is 0.159 e. The van der Waals surface area contributed by atoms with Gasteiger partial charge in [-0.2, -0.15) is 0 Å². The number of nitrogens with zero attached hydrogens (tertiary/aromatic N) is 1. The number of hydrogen-bond acceptors (Lipinski definition) is 3. The van der Waals surface area contributed by atoms with Crippen LogP contribution in [0.15, 0.2) is 59.9 Å². The van der Waals surface area contributed by atoms with E-state index in [1.165, 1.54) is 12.1 Å². The van der Waals surface area contributed by atoms with Crippen molar-refractivity contribution < 1.29 is 8.78 Å². The maximum Gasteiger partial charge on any atom is 0.159 e. The number of anilines is 1. The average Bonchev–Trinajstić information content (AvgIpc) is 2.67. The summed E-state index contributed by atoms with van der Waals surface area (Å²) in [5.74, 6) is -1.94. The molecule has 1 aliphatic carbocycles. The summed E-state index contributed by atoms with van der Waals surface area (Å²) in [5, 5.41) is 4.59. The number of nitrogens with one attached hydrogen (secondary N) is 1. The highest BCUT2D eigenvalue weighted by Crippen LogP contribution is 2.51. The van der Waals surface area contributed by atoms with E-state index in [0.29, 0.717) is 5.56 Å². The van der Waals surface area contributed by atoms with Crippen LogP contribution >= 0.6 is 12.2 Å². The fourth-order valence-corrected chi connectivity index (χ4v) is 5.34. The lowest BCUT2D eigenvalue weighted by molar-refractivity contribution is 0.371. The Kier molecular flexibility index (Phi) is 4.07. The molecular formula is C24H20F2N2S. The second-order valence-electron chi connectivity index (χ2n) is 8.66. The number of benzene rings is 2. The van der Waals surface area contributed by atoms with Crippen LogP contribution in [0.1, 0.15) is 43.7 Å². The Morgan fingerprint density at radius 1 is 1.07 bits per heavy atom. The van der Waals surface area contributed by atoms with Gasteiger partial charge in [0.15, 0.2) is 11.6 Å². The molecule has 0 saturated heterocycles.